The van der Waals surface area contributed by atoms with Gasteiger partial charge in [0.05, 0.1) is 16.5 Å². The largest absolute Gasteiger partial charge is 0.376 e. The number of aryl methyl sites for hydroxylation is 1. The molecule has 0 spiro atoms. The van der Waals surface area contributed by atoms with Crippen LogP contribution in [0, 0.1) is 12.7 Å². The lowest BCUT2D eigenvalue weighted by Crippen LogP contribution is -2.50. The van der Waals surface area contributed by atoms with Gasteiger partial charge in [-0.15, -0.1) is 0 Å². The molecule has 0 radical (unpaired) electrons. The number of ether oxygens (including phenoxy) is 1. The van der Waals surface area contributed by atoms with E-state index in [0.717, 1.165) is 0 Å². The molecule has 2 rings (SSSR count). The van der Waals surface area contributed by atoms with Crippen LogP contribution in [0.2, 0.25) is 0 Å². The second kappa shape index (κ2) is 5.64. The Morgan fingerprint density at radius 2 is 2.19 bits per heavy atom. The van der Waals surface area contributed by atoms with Gasteiger partial charge in [-0.3, -0.25) is 0 Å². The Kier molecular flexibility index (Phi) is 4.39. The van der Waals surface area contributed by atoms with Crippen LogP contribution in [-0.2, 0) is 21.3 Å². The van der Waals surface area contributed by atoms with Crippen molar-refractivity contribution >= 4 is 10.0 Å². The van der Waals surface area contributed by atoms with E-state index >= 15 is 0 Å². The molecule has 118 valence electrons. The maximum atomic E-state index is 13.8. The monoisotopic (exact) mass is 316 g/mol. The molecule has 1 fully saturated rings. The van der Waals surface area contributed by atoms with Gasteiger partial charge in [0.2, 0.25) is 10.0 Å². The summed E-state index contributed by atoms with van der Waals surface area (Å²) >= 11 is 0. The number of nitrogens with one attached hydrogen (secondary N) is 1. The average Bonchev–Trinajstić information content (AvgIpc) is 2.71. The molecule has 0 bridgehead atoms. The summed E-state index contributed by atoms with van der Waals surface area (Å²) in [6.45, 7) is 5.62. The molecule has 1 heterocycles. The first kappa shape index (κ1) is 16.4. The minimum Gasteiger partial charge on any atom is -0.376 e. The fraction of sp³-hybridized carbons (Fsp3) is 0.571. The van der Waals surface area contributed by atoms with Gasteiger partial charge in [-0.25, -0.2) is 17.5 Å². The van der Waals surface area contributed by atoms with Crippen molar-refractivity contribution in [2.24, 2.45) is 5.73 Å². The quantitative estimate of drug-likeness (QED) is 0.880. The molecule has 2 unspecified atom stereocenters. The summed E-state index contributed by atoms with van der Waals surface area (Å²) in [5.74, 6) is -0.458. The summed E-state index contributed by atoms with van der Waals surface area (Å²) < 4.78 is 47.0. The van der Waals surface area contributed by atoms with E-state index in [-0.39, 0.29) is 28.7 Å². The van der Waals surface area contributed by atoms with E-state index in [1.165, 1.54) is 19.1 Å². The summed E-state index contributed by atoms with van der Waals surface area (Å²) in [4.78, 5) is 0.0298. The lowest BCUT2D eigenvalue weighted by Gasteiger charge is -2.28. The Balaban J connectivity index is 2.38. The highest BCUT2D eigenvalue weighted by atomic mass is 32.2. The first-order chi connectivity index (χ1) is 9.69. The van der Waals surface area contributed by atoms with Crippen LogP contribution < -0.4 is 10.5 Å². The highest BCUT2D eigenvalue weighted by Crippen LogP contribution is 2.28. The number of sulfonamides is 1. The van der Waals surface area contributed by atoms with Gasteiger partial charge in [0.25, 0.3) is 0 Å². The molecule has 1 aliphatic rings. The van der Waals surface area contributed by atoms with Crippen LogP contribution in [0.5, 0.6) is 0 Å². The van der Waals surface area contributed by atoms with E-state index in [4.69, 9.17) is 10.5 Å². The molecule has 5 nitrogen and oxygen atoms in total. The molecule has 3 N–H and O–H groups in total. The number of hydrogen-bond acceptors (Lipinski definition) is 4. The zero-order valence-corrected chi connectivity index (χ0v) is 13.3. The molecule has 0 aromatic heterocycles. The zero-order valence-electron chi connectivity index (χ0n) is 12.4. The molecule has 1 aliphatic heterocycles. The van der Waals surface area contributed by atoms with Gasteiger partial charge in [-0.2, -0.15) is 0 Å². The molecular formula is C14H21FN2O3S. The molecule has 2 atom stereocenters. The van der Waals surface area contributed by atoms with Crippen LogP contribution in [0.4, 0.5) is 4.39 Å². The molecule has 0 saturated carbocycles. The van der Waals surface area contributed by atoms with Crippen molar-refractivity contribution in [3.8, 4) is 0 Å². The highest BCUT2D eigenvalue weighted by molar-refractivity contribution is 7.89. The number of halogens is 1. The van der Waals surface area contributed by atoms with Crippen LogP contribution in [-0.4, -0.2) is 26.7 Å². The molecular weight excluding hydrogens is 295 g/mol. The predicted molar refractivity (Wildman–Crippen MR) is 77.8 cm³/mol. The van der Waals surface area contributed by atoms with Gasteiger partial charge in [0, 0.05) is 18.7 Å². The number of rotatable bonds is 4. The number of hydrogen-bond donors (Lipinski definition) is 2. The Hall–Kier alpha value is -1.02. The lowest BCUT2D eigenvalue weighted by atomic mass is 9.97. The first-order valence-corrected chi connectivity index (χ1v) is 8.32. The van der Waals surface area contributed by atoms with Crippen molar-refractivity contribution in [3.63, 3.8) is 0 Å². The van der Waals surface area contributed by atoms with Crippen molar-refractivity contribution in [1.29, 1.82) is 0 Å². The molecule has 1 saturated heterocycles. The SMILES string of the molecule is Cc1cc(S(=O)(=O)NC2(C)CCOC2C)cc(CN)c1F. The zero-order chi connectivity index (χ0) is 15.8. The molecule has 1 aromatic rings. The van der Waals surface area contributed by atoms with Crippen molar-refractivity contribution in [2.45, 2.75) is 50.3 Å². The Morgan fingerprint density at radius 3 is 2.71 bits per heavy atom. The normalized spacial score (nSPS) is 26.2. The molecule has 0 amide bonds. The maximum Gasteiger partial charge on any atom is 0.241 e. The van der Waals surface area contributed by atoms with Crippen molar-refractivity contribution in [2.75, 3.05) is 6.61 Å². The van der Waals surface area contributed by atoms with E-state index in [9.17, 15) is 12.8 Å². The van der Waals surface area contributed by atoms with Gasteiger partial charge >= 0.3 is 0 Å². The second-order valence-electron chi connectivity index (χ2n) is 5.70. The van der Waals surface area contributed by atoms with E-state index in [2.05, 4.69) is 4.72 Å². The lowest BCUT2D eigenvalue weighted by molar-refractivity contribution is 0.0957. The van der Waals surface area contributed by atoms with Gasteiger partial charge < -0.3 is 10.5 Å². The topological polar surface area (TPSA) is 81.4 Å². The van der Waals surface area contributed by atoms with E-state index < -0.39 is 21.4 Å². The van der Waals surface area contributed by atoms with Crippen molar-refractivity contribution < 1.29 is 17.5 Å². The minimum absolute atomic E-state index is 0.0298. The third-order valence-corrected chi connectivity index (χ3v) is 5.68. The Morgan fingerprint density at radius 1 is 1.52 bits per heavy atom. The van der Waals surface area contributed by atoms with E-state index in [1.807, 2.05) is 13.8 Å². The van der Waals surface area contributed by atoms with Gasteiger partial charge in [-0.05, 0) is 44.9 Å². The maximum absolute atomic E-state index is 13.8. The van der Waals surface area contributed by atoms with Crippen LogP contribution in [0.1, 0.15) is 31.4 Å². The third-order valence-electron chi connectivity index (χ3n) is 4.09. The highest BCUT2D eigenvalue weighted by Gasteiger charge is 2.40. The van der Waals surface area contributed by atoms with Gasteiger partial charge in [0.15, 0.2) is 0 Å². The van der Waals surface area contributed by atoms with E-state index in [1.54, 1.807) is 0 Å². The van der Waals surface area contributed by atoms with Crippen LogP contribution in [0.15, 0.2) is 17.0 Å². The molecule has 0 aliphatic carbocycles. The van der Waals surface area contributed by atoms with Crippen molar-refractivity contribution in [1.82, 2.24) is 4.72 Å². The van der Waals surface area contributed by atoms with Crippen LogP contribution >= 0.6 is 0 Å². The molecule has 21 heavy (non-hydrogen) atoms. The second-order valence-corrected chi connectivity index (χ2v) is 7.39. The number of benzene rings is 1. The summed E-state index contributed by atoms with van der Waals surface area (Å²) in [6.07, 6.45) is 0.375. The predicted octanol–water partition coefficient (Wildman–Crippen LogP) is 1.44. The van der Waals surface area contributed by atoms with Gasteiger partial charge in [-0.1, -0.05) is 0 Å². The van der Waals surface area contributed by atoms with Crippen LogP contribution in [0.3, 0.4) is 0 Å². The Labute approximate surface area is 124 Å². The smallest absolute Gasteiger partial charge is 0.241 e. The fourth-order valence-corrected chi connectivity index (χ4v) is 4.07. The minimum atomic E-state index is -3.76. The average molecular weight is 316 g/mol. The molecule has 1 aromatic carbocycles. The summed E-state index contributed by atoms with van der Waals surface area (Å²) in [5.41, 5.74) is 5.26. The third kappa shape index (κ3) is 3.11. The molecule has 7 heteroatoms. The fourth-order valence-electron chi connectivity index (χ4n) is 2.45. The van der Waals surface area contributed by atoms with Crippen LogP contribution in [0.25, 0.3) is 0 Å². The van der Waals surface area contributed by atoms with Gasteiger partial charge in [0.1, 0.15) is 5.82 Å². The number of nitrogens with two attached hydrogens (primary N) is 1. The Bertz CT molecular complexity index is 648. The summed E-state index contributed by atoms with van der Waals surface area (Å²) in [5, 5.41) is 0. The summed E-state index contributed by atoms with van der Waals surface area (Å²) in [6, 6.07) is 2.61. The van der Waals surface area contributed by atoms with E-state index in [0.29, 0.717) is 13.0 Å². The summed E-state index contributed by atoms with van der Waals surface area (Å²) in [7, 11) is -3.76. The standard InChI is InChI=1S/C14H21FN2O3S/c1-9-6-12(7-11(8-16)13(9)15)21(18,19)17-14(3)4-5-20-10(14)2/h6-7,10,17H,4-5,8,16H2,1-3H3. The van der Waals surface area contributed by atoms with Crippen molar-refractivity contribution in [3.05, 3.63) is 29.1 Å². The first-order valence-electron chi connectivity index (χ1n) is 6.84.